The molecule has 0 bridgehead atoms. The summed E-state index contributed by atoms with van der Waals surface area (Å²) in [5, 5.41) is 15.0. The summed E-state index contributed by atoms with van der Waals surface area (Å²) >= 11 is 1.21. The number of fused-ring (bicyclic) bond motifs is 1. The molecule has 1 saturated heterocycles. The fourth-order valence-electron chi connectivity index (χ4n) is 2.87. The second-order valence-corrected chi connectivity index (χ2v) is 6.93. The Bertz CT molecular complexity index is 910. The number of rotatable bonds is 7. The normalized spacial score (nSPS) is 21.2. The molecular weight excluding hydrogens is 408 g/mol. The second kappa shape index (κ2) is 8.26. The predicted octanol–water partition coefficient (Wildman–Crippen LogP) is -0.536. The number of aliphatic carboxylic acids is 1. The molecule has 0 saturated carbocycles. The van der Waals surface area contributed by atoms with Gasteiger partial charge >= 0.3 is 12.1 Å². The predicted molar refractivity (Wildman–Crippen MR) is 97.5 cm³/mol. The summed E-state index contributed by atoms with van der Waals surface area (Å²) in [6, 6.07) is 2.08. The van der Waals surface area contributed by atoms with Gasteiger partial charge in [-0.25, -0.2) is 9.59 Å². The lowest BCUT2D eigenvalue weighted by molar-refractivity contribution is -0.150. The molecule has 2 aliphatic heterocycles. The van der Waals surface area contributed by atoms with Gasteiger partial charge in [-0.3, -0.25) is 14.5 Å². The minimum Gasteiger partial charge on any atom is -0.477 e. The van der Waals surface area contributed by atoms with E-state index in [1.807, 2.05) is 0 Å². The molecule has 4 N–H and O–H groups in total. The van der Waals surface area contributed by atoms with Crippen molar-refractivity contribution < 1.29 is 38.3 Å². The van der Waals surface area contributed by atoms with Gasteiger partial charge in [0.15, 0.2) is 5.76 Å². The molecule has 2 aliphatic rings. The first-order valence-electron chi connectivity index (χ1n) is 8.13. The highest BCUT2D eigenvalue weighted by molar-refractivity contribution is 8.00. The van der Waals surface area contributed by atoms with Gasteiger partial charge in [-0.05, 0) is 12.1 Å². The van der Waals surface area contributed by atoms with Crippen LogP contribution in [0.3, 0.4) is 0 Å². The van der Waals surface area contributed by atoms with Crippen molar-refractivity contribution in [2.75, 3.05) is 19.5 Å². The number of hydrogen-bond donors (Lipinski definition) is 3. The first kappa shape index (κ1) is 20.3. The first-order valence-corrected chi connectivity index (χ1v) is 9.18. The summed E-state index contributed by atoms with van der Waals surface area (Å²) < 4.78 is 9.79. The SMILES string of the molecule is CO/N=C(\C(=O)N[C@H]1C(=O)N2C(C(=O)O)=C(COC(N)=O)CS[C@H]12)c1ccco1. The Morgan fingerprint density at radius 2 is 2.24 bits per heavy atom. The molecule has 12 nitrogen and oxygen atoms in total. The van der Waals surface area contributed by atoms with Crippen LogP contribution in [0.4, 0.5) is 4.79 Å². The van der Waals surface area contributed by atoms with Gasteiger partial charge < -0.3 is 30.1 Å². The number of thioether (sulfide) groups is 1. The van der Waals surface area contributed by atoms with Crippen LogP contribution in [-0.2, 0) is 24.0 Å². The molecule has 1 fully saturated rings. The second-order valence-electron chi connectivity index (χ2n) is 5.83. The average molecular weight is 424 g/mol. The maximum Gasteiger partial charge on any atom is 0.404 e. The molecule has 3 heterocycles. The molecule has 2 atom stereocenters. The summed E-state index contributed by atoms with van der Waals surface area (Å²) in [5.74, 6) is -2.38. The molecule has 1 aromatic rings. The van der Waals surface area contributed by atoms with E-state index in [1.165, 1.54) is 31.2 Å². The number of β-lactam (4-membered cyclic amide) rings is 1. The molecule has 0 unspecified atom stereocenters. The van der Waals surface area contributed by atoms with Crippen molar-refractivity contribution in [3.05, 3.63) is 35.4 Å². The highest BCUT2D eigenvalue weighted by atomic mass is 32.2. The lowest BCUT2D eigenvalue weighted by atomic mass is 10.0. The molecule has 0 aliphatic carbocycles. The quantitative estimate of drug-likeness (QED) is 0.295. The Hall–Kier alpha value is -3.48. The number of carbonyl (C=O) groups is 4. The van der Waals surface area contributed by atoms with E-state index >= 15 is 0 Å². The zero-order valence-electron chi connectivity index (χ0n) is 15.0. The Kier molecular flexibility index (Phi) is 5.77. The molecule has 13 heteroatoms. The third-order valence-electron chi connectivity index (χ3n) is 4.08. The van der Waals surface area contributed by atoms with Crippen molar-refractivity contribution in [2.45, 2.75) is 11.4 Å². The van der Waals surface area contributed by atoms with Crippen molar-refractivity contribution in [1.82, 2.24) is 10.2 Å². The number of nitrogens with one attached hydrogen (secondary N) is 1. The molecule has 0 aromatic carbocycles. The molecule has 154 valence electrons. The van der Waals surface area contributed by atoms with Crippen LogP contribution in [-0.4, -0.2) is 70.5 Å². The first-order chi connectivity index (χ1) is 13.8. The van der Waals surface area contributed by atoms with Crippen LogP contribution in [0.25, 0.3) is 0 Å². The monoisotopic (exact) mass is 424 g/mol. The van der Waals surface area contributed by atoms with Crippen LogP contribution < -0.4 is 11.1 Å². The van der Waals surface area contributed by atoms with E-state index in [4.69, 9.17) is 10.2 Å². The van der Waals surface area contributed by atoms with E-state index in [2.05, 4.69) is 20.0 Å². The number of carboxylic acids is 1. The number of hydrogen-bond acceptors (Lipinski definition) is 9. The van der Waals surface area contributed by atoms with E-state index < -0.39 is 35.3 Å². The van der Waals surface area contributed by atoms with Crippen molar-refractivity contribution >= 4 is 41.4 Å². The number of furan rings is 1. The van der Waals surface area contributed by atoms with Gasteiger partial charge in [0.05, 0.1) is 6.26 Å². The lowest BCUT2D eigenvalue weighted by Crippen LogP contribution is -2.71. The third kappa shape index (κ3) is 3.89. The molecule has 1 aromatic heterocycles. The molecular formula is C16H16N4O8S. The maximum absolute atomic E-state index is 12.6. The van der Waals surface area contributed by atoms with Crippen molar-refractivity contribution in [2.24, 2.45) is 10.9 Å². The van der Waals surface area contributed by atoms with Gasteiger partial charge in [-0.15, -0.1) is 11.8 Å². The summed E-state index contributed by atoms with van der Waals surface area (Å²) in [4.78, 5) is 53.3. The zero-order chi connectivity index (χ0) is 21.1. The Labute approximate surface area is 167 Å². The number of amides is 3. The maximum atomic E-state index is 12.6. The zero-order valence-corrected chi connectivity index (χ0v) is 15.8. The van der Waals surface area contributed by atoms with Gasteiger partial charge in [0.1, 0.15) is 30.8 Å². The molecule has 3 amide bonds. The summed E-state index contributed by atoms with van der Waals surface area (Å²) in [5.41, 5.74) is 4.68. The topological polar surface area (TPSA) is 174 Å². The Morgan fingerprint density at radius 3 is 2.83 bits per heavy atom. The number of nitrogens with two attached hydrogens (primary N) is 1. The Morgan fingerprint density at radius 1 is 1.48 bits per heavy atom. The number of nitrogens with zero attached hydrogens (tertiary/aromatic N) is 2. The fraction of sp³-hybridized carbons (Fsp3) is 0.312. The summed E-state index contributed by atoms with van der Waals surface area (Å²) in [7, 11) is 1.25. The lowest BCUT2D eigenvalue weighted by Gasteiger charge is -2.49. The van der Waals surface area contributed by atoms with E-state index in [0.29, 0.717) is 0 Å². The van der Waals surface area contributed by atoms with Crippen LogP contribution >= 0.6 is 11.8 Å². The van der Waals surface area contributed by atoms with Crippen molar-refractivity contribution in [1.29, 1.82) is 0 Å². The van der Waals surface area contributed by atoms with Crippen LogP contribution in [0.15, 0.2) is 39.2 Å². The van der Waals surface area contributed by atoms with Gasteiger partial charge in [-0.1, -0.05) is 5.16 Å². The molecule has 3 rings (SSSR count). The summed E-state index contributed by atoms with van der Waals surface area (Å²) in [6.07, 6.45) is 0.290. The average Bonchev–Trinajstić information content (AvgIpc) is 3.21. The number of ether oxygens (including phenoxy) is 1. The van der Waals surface area contributed by atoms with E-state index in [9.17, 15) is 24.3 Å². The highest BCUT2D eigenvalue weighted by Gasteiger charge is 2.54. The fourth-order valence-corrected chi connectivity index (χ4v) is 4.19. The number of oxime groups is 1. The van der Waals surface area contributed by atoms with E-state index in [-0.39, 0.29) is 35.1 Å². The minimum absolute atomic E-state index is 0.140. The number of carbonyl (C=O) groups excluding carboxylic acids is 3. The number of primary amides is 1. The van der Waals surface area contributed by atoms with Crippen LogP contribution in [0, 0.1) is 0 Å². The van der Waals surface area contributed by atoms with Crippen LogP contribution in [0.2, 0.25) is 0 Å². The molecule has 0 spiro atoms. The largest absolute Gasteiger partial charge is 0.477 e. The highest BCUT2D eigenvalue weighted by Crippen LogP contribution is 2.40. The van der Waals surface area contributed by atoms with Gasteiger partial charge in [-0.2, -0.15) is 0 Å². The number of carboxylic acid groups (broad SMARTS) is 1. The van der Waals surface area contributed by atoms with E-state index in [1.54, 1.807) is 6.07 Å². The van der Waals surface area contributed by atoms with Gasteiger partial charge in [0.2, 0.25) is 5.71 Å². The van der Waals surface area contributed by atoms with Crippen molar-refractivity contribution in [3.63, 3.8) is 0 Å². The van der Waals surface area contributed by atoms with Crippen molar-refractivity contribution in [3.8, 4) is 0 Å². The minimum atomic E-state index is -1.35. The van der Waals surface area contributed by atoms with Crippen LogP contribution in [0.1, 0.15) is 5.76 Å². The molecule has 29 heavy (non-hydrogen) atoms. The van der Waals surface area contributed by atoms with Gasteiger partial charge in [0, 0.05) is 11.3 Å². The summed E-state index contributed by atoms with van der Waals surface area (Å²) in [6.45, 7) is -0.347. The third-order valence-corrected chi connectivity index (χ3v) is 5.42. The standard InChI is InChI=1S/C16H16N4O8S/c1-26-19-9(8-3-2-4-27-8)12(21)18-10-13(22)20-11(15(23)24)7(5-28-16(17)25)6-29-14(10)20/h2-4,10,14H,5-6H2,1H3,(H2,17,25)(H,18,21)(H,23,24)/b19-9-/t10-,14+/m0/s1. The Balaban J connectivity index is 1.77. The molecule has 0 radical (unpaired) electrons. The smallest absolute Gasteiger partial charge is 0.404 e. The van der Waals surface area contributed by atoms with Crippen LogP contribution in [0.5, 0.6) is 0 Å². The van der Waals surface area contributed by atoms with Gasteiger partial charge in [0.25, 0.3) is 11.8 Å². The van der Waals surface area contributed by atoms with E-state index in [0.717, 1.165) is 4.90 Å².